The highest BCUT2D eigenvalue weighted by Gasteiger charge is 2.09. The predicted molar refractivity (Wildman–Crippen MR) is 110 cm³/mol. The lowest BCUT2D eigenvalue weighted by Gasteiger charge is -2.10. The van der Waals surface area contributed by atoms with Crippen molar-refractivity contribution in [2.24, 2.45) is 0 Å². The number of carbonyl (C=O) groups excluding carboxylic acids is 1. The van der Waals surface area contributed by atoms with Crippen molar-refractivity contribution < 1.29 is 9.53 Å². The Bertz CT molecular complexity index is 925. The van der Waals surface area contributed by atoms with Crippen molar-refractivity contribution >= 4 is 39.3 Å². The van der Waals surface area contributed by atoms with E-state index in [1.54, 1.807) is 24.1 Å². The molecule has 0 spiro atoms. The molecule has 7 heteroatoms. The first-order chi connectivity index (χ1) is 13.0. The van der Waals surface area contributed by atoms with Crippen LogP contribution in [-0.2, 0) is 17.8 Å². The van der Waals surface area contributed by atoms with Gasteiger partial charge in [0.15, 0.2) is 0 Å². The molecule has 0 radical (unpaired) electrons. The van der Waals surface area contributed by atoms with E-state index in [2.05, 4.69) is 26.3 Å². The Balaban J connectivity index is 1.57. The van der Waals surface area contributed by atoms with Gasteiger partial charge < -0.3 is 10.1 Å². The van der Waals surface area contributed by atoms with Gasteiger partial charge in [0.2, 0.25) is 5.91 Å². The summed E-state index contributed by atoms with van der Waals surface area (Å²) in [6, 6.07) is 15.2. The van der Waals surface area contributed by atoms with E-state index in [9.17, 15) is 4.79 Å². The highest BCUT2D eigenvalue weighted by molar-refractivity contribution is 9.10. The molecule has 0 atom stereocenters. The van der Waals surface area contributed by atoms with E-state index in [-0.39, 0.29) is 5.91 Å². The zero-order chi connectivity index (χ0) is 19.2. The van der Waals surface area contributed by atoms with Crippen molar-refractivity contribution in [1.82, 2.24) is 9.78 Å². The number of aromatic nitrogens is 2. The topological polar surface area (TPSA) is 56.1 Å². The van der Waals surface area contributed by atoms with Crippen LogP contribution >= 0.6 is 27.5 Å². The number of carbonyl (C=O) groups is 1. The van der Waals surface area contributed by atoms with E-state index in [0.717, 1.165) is 21.3 Å². The van der Waals surface area contributed by atoms with Crippen LogP contribution in [0, 0.1) is 0 Å². The monoisotopic (exact) mass is 447 g/mol. The standard InChI is InChI=1S/C20H19BrClN3O2/c1-27-18-8-4-14(12-17(18)21)5-9-20(26)24-19-10-11-23-25(19)13-15-2-6-16(22)7-3-15/h2-4,6-8,10-12H,5,9,13H2,1H3,(H,24,26). The molecule has 27 heavy (non-hydrogen) atoms. The minimum atomic E-state index is -0.0557. The second kappa shape index (κ2) is 9.06. The number of aryl methyl sites for hydroxylation is 1. The Labute approximate surface area is 171 Å². The van der Waals surface area contributed by atoms with Crippen LogP contribution in [0.3, 0.4) is 0 Å². The summed E-state index contributed by atoms with van der Waals surface area (Å²) in [4.78, 5) is 12.3. The van der Waals surface area contributed by atoms with Gasteiger partial charge in [0.25, 0.3) is 0 Å². The van der Waals surface area contributed by atoms with Gasteiger partial charge in [0, 0.05) is 17.5 Å². The summed E-state index contributed by atoms with van der Waals surface area (Å²) in [5.74, 6) is 1.39. The molecule has 0 aliphatic carbocycles. The molecule has 0 saturated carbocycles. The third kappa shape index (κ3) is 5.34. The first-order valence-electron chi connectivity index (χ1n) is 8.43. The Hall–Kier alpha value is -2.31. The number of ether oxygens (including phenoxy) is 1. The summed E-state index contributed by atoms with van der Waals surface area (Å²) in [5, 5.41) is 7.91. The van der Waals surface area contributed by atoms with Gasteiger partial charge in [-0.05, 0) is 57.7 Å². The molecule has 1 amide bonds. The minimum absolute atomic E-state index is 0.0557. The molecule has 2 aromatic carbocycles. The van der Waals surface area contributed by atoms with E-state index in [1.807, 2.05) is 42.5 Å². The molecule has 0 unspecified atom stereocenters. The maximum absolute atomic E-state index is 12.3. The van der Waals surface area contributed by atoms with Gasteiger partial charge in [-0.3, -0.25) is 4.79 Å². The van der Waals surface area contributed by atoms with Crippen molar-refractivity contribution in [1.29, 1.82) is 0 Å². The molecular formula is C20H19BrClN3O2. The fraction of sp³-hybridized carbons (Fsp3) is 0.200. The number of halogens is 2. The SMILES string of the molecule is COc1ccc(CCC(=O)Nc2ccnn2Cc2ccc(Cl)cc2)cc1Br. The van der Waals surface area contributed by atoms with Crippen LogP contribution in [0.5, 0.6) is 5.75 Å². The minimum Gasteiger partial charge on any atom is -0.496 e. The van der Waals surface area contributed by atoms with Gasteiger partial charge in [0.05, 0.1) is 24.3 Å². The second-order valence-corrected chi connectivity index (χ2v) is 7.31. The van der Waals surface area contributed by atoms with Crippen molar-refractivity contribution in [3.63, 3.8) is 0 Å². The predicted octanol–water partition coefficient (Wildman–Crippen LogP) is 4.93. The third-order valence-electron chi connectivity index (χ3n) is 4.09. The van der Waals surface area contributed by atoms with Gasteiger partial charge in [0.1, 0.15) is 11.6 Å². The first-order valence-corrected chi connectivity index (χ1v) is 9.61. The summed E-state index contributed by atoms with van der Waals surface area (Å²) >= 11 is 9.38. The lowest BCUT2D eigenvalue weighted by molar-refractivity contribution is -0.116. The van der Waals surface area contributed by atoms with E-state index < -0.39 is 0 Å². The Kier molecular flexibility index (Phi) is 6.53. The lowest BCUT2D eigenvalue weighted by atomic mass is 10.1. The Morgan fingerprint density at radius 1 is 1.19 bits per heavy atom. The Morgan fingerprint density at radius 3 is 2.63 bits per heavy atom. The highest BCUT2D eigenvalue weighted by Crippen LogP contribution is 2.26. The summed E-state index contributed by atoms with van der Waals surface area (Å²) in [6.07, 6.45) is 2.69. The van der Waals surface area contributed by atoms with E-state index in [1.165, 1.54) is 0 Å². The maximum Gasteiger partial charge on any atom is 0.225 e. The number of amides is 1. The van der Waals surface area contributed by atoms with E-state index in [0.29, 0.717) is 30.2 Å². The lowest BCUT2D eigenvalue weighted by Crippen LogP contribution is -2.16. The zero-order valence-electron chi connectivity index (χ0n) is 14.8. The number of methoxy groups -OCH3 is 1. The van der Waals surface area contributed by atoms with Crippen molar-refractivity contribution in [3.8, 4) is 5.75 Å². The number of nitrogens with one attached hydrogen (secondary N) is 1. The number of nitrogens with zero attached hydrogens (tertiary/aromatic N) is 2. The molecule has 5 nitrogen and oxygen atoms in total. The maximum atomic E-state index is 12.3. The van der Waals surface area contributed by atoms with Crippen molar-refractivity contribution in [2.75, 3.05) is 12.4 Å². The fourth-order valence-corrected chi connectivity index (χ4v) is 3.37. The van der Waals surface area contributed by atoms with Crippen LogP contribution in [0.15, 0.2) is 59.2 Å². The highest BCUT2D eigenvalue weighted by atomic mass is 79.9. The molecule has 0 aliphatic rings. The zero-order valence-corrected chi connectivity index (χ0v) is 17.1. The van der Waals surface area contributed by atoms with Gasteiger partial charge in [-0.1, -0.05) is 29.8 Å². The molecule has 1 aromatic heterocycles. The largest absolute Gasteiger partial charge is 0.496 e. The van der Waals surface area contributed by atoms with Crippen LogP contribution in [0.25, 0.3) is 0 Å². The van der Waals surface area contributed by atoms with E-state index in [4.69, 9.17) is 16.3 Å². The van der Waals surface area contributed by atoms with Crippen LogP contribution in [0.2, 0.25) is 5.02 Å². The number of anilines is 1. The normalized spacial score (nSPS) is 10.6. The molecule has 1 heterocycles. The fourth-order valence-electron chi connectivity index (χ4n) is 2.66. The Morgan fingerprint density at radius 2 is 1.93 bits per heavy atom. The molecule has 0 saturated heterocycles. The molecule has 1 N–H and O–H groups in total. The molecule has 0 fully saturated rings. The molecule has 0 aliphatic heterocycles. The second-order valence-electron chi connectivity index (χ2n) is 6.02. The summed E-state index contributed by atoms with van der Waals surface area (Å²) in [5.41, 5.74) is 2.12. The van der Waals surface area contributed by atoms with Crippen LogP contribution in [0.1, 0.15) is 17.5 Å². The smallest absolute Gasteiger partial charge is 0.225 e. The van der Waals surface area contributed by atoms with Crippen LogP contribution < -0.4 is 10.1 Å². The van der Waals surface area contributed by atoms with Crippen molar-refractivity contribution in [2.45, 2.75) is 19.4 Å². The van der Waals surface area contributed by atoms with Gasteiger partial charge in [-0.25, -0.2) is 4.68 Å². The number of hydrogen-bond donors (Lipinski definition) is 1. The quantitative estimate of drug-likeness (QED) is 0.558. The summed E-state index contributed by atoms with van der Waals surface area (Å²) < 4.78 is 7.85. The molecule has 3 aromatic rings. The molecule has 3 rings (SSSR count). The third-order valence-corrected chi connectivity index (χ3v) is 4.96. The molecule has 140 valence electrons. The van der Waals surface area contributed by atoms with Crippen LogP contribution in [0.4, 0.5) is 5.82 Å². The van der Waals surface area contributed by atoms with Gasteiger partial charge in [-0.2, -0.15) is 5.10 Å². The molecule has 0 bridgehead atoms. The van der Waals surface area contributed by atoms with Gasteiger partial charge in [-0.15, -0.1) is 0 Å². The van der Waals surface area contributed by atoms with Crippen molar-refractivity contribution in [3.05, 3.63) is 75.4 Å². The average Bonchev–Trinajstić information content (AvgIpc) is 3.08. The summed E-state index contributed by atoms with van der Waals surface area (Å²) in [7, 11) is 1.63. The average molecular weight is 449 g/mol. The number of rotatable bonds is 7. The first kappa shape index (κ1) is 19.5. The van der Waals surface area contributed by atoms with E-state index >= 15 is 0 Å². The number of hydrogen-bond acceptors (Lipinski definition) is 3. The van der Waals surface area contributed by atoms with Crippen LogP contribution in [-0.4, -0.2) is 22.8 Å². The molecular weight excluding hydrogens is 430 g/mol. The van der Waals surface area contributed by atoms with Gasteiger partial charge >= 0.3 is 0 Å². The summed E-state index contributed by atoms with van der Waals surface area (Å²) in [6.45, 7) is 0.561. The number of benzene rings is 2.